The van der Waals surface area contributed by atoms with E-state index in [1.807, 2.05) is 43.3 Å². The molecule has 8 heteroatoms. The maximum atomic E-state index is 12.6. The summed E-state index contributed by atoms with van der Waals surface area (Å²) in [6.07, 6.45) is 1.84. The maximum Gasteiger partial charge on any atom is 0.260 e. The fourth-order valence-electron chi connectivity index (χ4n) is 3.62. The average molecular weight is 511 g/mol. The number of thioether (sulfide) groups is 1. The Morgan fingerprint density at radius 3 is 2.66 bits per heavy atom. The van der Waals surface area contributed by atoms with Crippen molar-refractivity contribution in [2.24, 2.45) is 0 Å². The smallest absolute Gasteiger partial charge is 0.260 e. The van der Waals surface area contributed by atoms with Gasteiger partial charge in [0.1, 0.15) is 12.4 Å². The van der Waals surface area contributed by atoms with E-state index in [9.17, 15) is 4.79 Å². The lowest BCUT2D eigenvalue weighted by molar-refractivity contribution is -0.116. The van der Waals surface area contributed by atoms with Crippen LogP contribution in [0.1, 0.15) is 23.6 Å². The summed E-state index contributed by atoms with van der Waals surface area (Å²) in [5, 5.41) is 6.76. The first-order chi connectivity index (χ1) is 16.9. The van der Waals surface area contributed by atoms with Gasteiger partial charge in [0, 0.05) is 5.02 Å². The number of methoxy groups -OCH3 is 1. The Bertz CT molecular complexity index is 1250. The van der Waals surface area contributed by atoms with E-state index in [1.165, 1.54) is 17.3 Å². The fourth-order valence-corrected chi connectivity index (χ4v) is 4.76. The number of halogens is 1. The number of aryl methyl sites for hydroxylation is 1. The first-order valence-corrected chi connectivity index (χ1v) is 12.5. The van der Waals surface area contributed by atoms with Crippen LogP contribution in [0.5, 0.6) is 17.2 Å². The number of hydrogen-bond donors (Lipinski definition) is 2. The van der Waals surface area contributed by atoms with Gasteiger partial charge in [-0.1, -0.05) is 59.3 Å². The summed E-state index contributed by atoms with van der Waals surface area (Å²) < 4.78 is 17.2. The van der Waals surface area contributed by atoms with Gasteiger partial charge in [-0.05, 0) is 61.4 Å². The highest BCUT2D eigenvalue weighted by Gasteiger charge is 2.28. The molecule has 1 aliphatic rings. The van der Waals surface area contributed by atoms with Gasteiger partial charge in [0.05, 0.1) is 24.3 Å². The van der Waals surface area contributed by atoms with Crippen LogP contribution in [0.15, 0.2) is 65.6 Å². The molecule has 0 aliphatic carbocycles. The normalized spacial score (nSPS) is 16.2. The lowest BCUT2D eigenvalue weighted by atomic mass is 10.1. The molecule has 4 rings (SSSR count). The summed E-state index contributed by atoms with van der Waals surface area (Å²) >= 11 is 7.50. The van der Waals surface area contributed by atoms with Crippen molar-refractivity contribution in [3.05, 3.63) is 87.3 Å². The summed E-state index contributed by atoms with van der Waals surface area (Å²) in [5.41, 5.74) is 3.46. The number of amides is 1. The summed E-state index contributed by atoms with van der Waals surface area (Å²) in [6, 6.07) is 19.2. The molecule has 1 atom stereocenters. The molecular weight excluding hydrogens is 484 g/mol. The van der Waals surface area contributed by atoms with Crippen molar-refractivity contribution in [1.82, 2.24) is 5.32 Å². The van der Waals surface area contributed by atoms with Gasteiger partial charge in [0.25, 0.3) is 5.91 Å². The third-order valence-electron chi connectivity index (χ3n) is 5.22. The first kappa shape index (κ1) is 24.8. The molecule has 1 aliphatic heterocycles. The summed E-state index contributed by atoms with van der Waals surface area (Å²) in [7, 11) is 1.59. The van der Waals surface area contributed by atoms with Crippen LogP contribution < -0.4 is 24.8 Å². The molecule has 35 heavy (non-hydrogen) atoms. The summed E-state index contributed by atoms with van der Waals surface area (Å²) in [4.78, 5) is 13.2. The Labute approximate surface area is 214 Å². The molecule has 1 fully saturated rings. The van der Waals surface area contributed by atoms with Crippen LogP contribution in [-0.4, -0.2) is 25.1 Å². The molecule has 3 aromatic rings. The Kier molecular flexibility index (Phi) is 8.10. The highest BCUT2D eigenvalue weighted by Crippen LogP contribution is 2.36. The zero-order valence-corrected chi connectivity index (χ0v) is 21.3. The number of anilines is 1. The number of carbonyl (C=O) groups excluding carboxylic acids is 1. The van der Waals surface area contributed by atoms with Gasteiger partial charge in [-0.25, -0.2) is 0 Å². The van der Waals surface area contributed by atoms with E-state index in [0.29, 0.717) is 46.1 Å². The highest BCUT2D eigenvalue weighted by molar-refractivity contribution is 8.05. The van der Waals surface area contributed by atoms with Crippen molar-refractivity contribution >= 4 is 41.0 Å². The Morgan fingerprint density at radius 1 is 1.06 bits per heavy atom. The molecule has 1 saturated heterocycles. The van der Waals surface area contributed by atoms with E-state index in [4.69, 9.17) is 25.8 Å². The van der Waals surface area contributed by atoms with Crippen LogP contribution in [0.3, 0.4) is 0 Å². The van der Waals surface area contributed by atoms with Gasteiger partial charge >= 0.3 is 0 Å². The van der Waals surface area contributed by atoms with Crippen molar-refractivity contribution in [3.8, 4) is 17.2 Å². The second kappa shape index (κ2) is 11.4. The molecule has 1 amide bonds. The van der Waals surface area contributed by atoms with Crippen LogP contribution in [-0.2, 0) is 11.4 Å². The third kappa shape index (κ3) is 6.44. The molecule has 0 spiro atoms. The van der Waals surface area contributed by atoms with Crippen molar-refractivity contribution in [2.45, 2.75) is 26.0 Å². The molecule has 1 unspecified atom stereocenters. The van der Waals surface area contributed by atoms with Crippen molar-refractivity contribution in [3.63, 3.8) is 0 Å². The summed E-state index contributed by atoms with van der Waals surface area (Å²) in [5.74, 6) is 1.78. The van der Waals surface area contributed by atoms with Crippen molar-refractivity contribution in [1.29, 1.82) is 0 Å². The zero-order chi connectivity index (χ0) is 24.8. The van der Waals surface area contributed by atoms with Gasteiger partial charge in [-0.3, -0.25) is 4.79 Å². The zero-order valence-electron chi connectivity index (χ0n) is 19.8. The molecule has 1 heterocycles. The lowest BCUT2D eigenvalue weighted by Gasteiger charge is -2.15. The van der Waals surface area contributed by atoms with Crippen LogP contribution in [0, 0.1) is 6.92 Å². The molecule has 2 N–H and O–H groups in total. The van der Waals surface area contributed by atoms with E-state index >= 15 is 0 Å². The monoisotopic (exact) mass is 510 g/mol. The minimum Gasteiger partial charge on any atom is -0.495 e. The summed E-state index contributed by atoms with van der Waals surface area (Å²) in [6.45, 7) is 4.93. The maximum absolute atomic E-state index is 12.6. The van der Waals surface area contributed by atoms with Gasteiger partial charge in [-0.2, -0.15) is 0 Å². The number of rotatable bonds is 9. The minimum atomic E-state index is -0.357. The molecule has 182 valence electrons. The predicted octanol–water partition coefficient (Wildman–Crippen LogP) is 6.23. The largest absolute Gasteiger partial charge is 0.495 e. The molecule has 0 saturated carbocycles. The second-order valence-corrected chi connectivity index (χ2v) is 9.47. The number of carbonyl (C=O) groups is 1. The highest BCUT2D eigenvalue weighted by atomic mass is 35.5. The Balaban J connectivity index is 1.48. The van der Waals surface area contributed by atoms with Crippen LogP contribution in [0.2, 0.25) is 5.02 Å². The minimum absolute atomic E-state index is 0.161. The Morgan fingerprint density at radius 2 is 1.89 bits per heavy atom. The van der Waals surface area contributed by atoms with Crippen LogP contribution in [0.25, 0.3) is 6.08 Å². The molecule has 0 aromatic heterocycles. The number of hydrogen-bond acceptors (Lipinski definition) is 6. The van der Waals surface area contributed by atoms with Crippen molar-refractivity contribution in [2.75, 3.05) is 19.0 Å². The standard InChI is InChI=1S/C27H27ClN2O4S/c1-4-33-24-13-18(8-10-23(24)34-16-19-7-5-6-17(2)12-19)14-25-26(31)30-27(35-25)29-21-15-20(28)9-11-22(21)32-3/h5-15,27,29H,4,16H2,1-3H3,(H,30,31)/b25-14-. The average Bonchev–Trinajstić information content (AvgIpc) is 3.17. The van der Waals surface area contributed by atoms with Gasteiger partial charge in [-0.15, -0.1) is 0 Å². The van der Waals surface area contributed by atoms with E-state index in [2.05, 4.69) is 29.7 Å². The van der Waals surface area contributed by atoms with E-state index in [-0.39, 0.29) is 11.4 Å². The SMILES string of the molecule is CCOc1cc(/C=C2\SC(Nc3cc(Cl)ccc3OC)NC2=O)ccc1OCc1cccc(C)c1. The topological polar surface area (TPSA) is 68.8 Å². The molecule has 0 radical (unpaired) electrons. The number of benzene rings is 3. The molecule has 6 nitrogen and oxygen atoms in total. The lowest BCUT2D eigenvalue weighted by Crippen LogP contribution is -2.31. The Hall–Kier alpha value is -3.29. The van der Waals surface area contributed by atoms with Crippen LogP contribution >= 0.6 is 23.4 Å². The first-order valence-electron chi connectivity index (χ1n) is 11.2. The predicted molar refractivity (Wildman–Crippen MR) is 142 cm³/mol. The quantitative estimate of drug-likeness (QED) is 0.332. The molecular formula is C27H27ClN2O4S. The van der Waals surface area contributed by atoms with E-state index in [1.54, 1.807) is 25.3 Å². The fraction of sp³-hybridized carbons (Fsp3) is 0.222. The third-order valence-corrected chi connectivity index (χ3v) is 6.48. The number of nitrogens with one attached hydrogen (secondary N) is 2. The van der Waals surface area contributed by atoms with Crippen LogP contribution in [0.4, 0.5) is 5.69 Å². The molecule has 3 aromatic carbocycles. The van der Waals surface area contributed by atoms with Gasteiger partial charge in [0.15, 0.2) is 17.0 Å². The van der Waals surface area contributed by atoms with E-state index in [0.717, 1.165) is 11.1 Å². The number of ether oxygens (including phenoxy) is 3. The second-order valence-electron chi connectivity index (χ2n) is 7.89. The van der Waals surface area contributed by atoms with Gasteiger partial charge in [0.2, 0.25) is 0 Å². The molecule has 0 bridgehead atoms. The van der Waals surface area contributed by atoms with E-state index < -0.39 is 0 Å². The van der Waals surface area contributed by atoms with Gasteiger partial charge < -0.3 is 24.8 Å². The van der Waals surface area contributed by atoms with Crippen molar-refractivity contribution < 1.29 is 19.0 Å².